The minimum absolute atomic E-state index is 1.04. The van der Waals surface area contributed by atoms with Gasteiger partial charge in [-0.25, -0.2) is 0 Å². The number of para-hydroxylation sites is 5. The van der Waals surface area contributed by atoms with Crippen LogP contribution >= 0.6 is 0 Å². The fourth-order valence-corrected chi connectivity index (χ4v) is 8.95. The highest BCUT2D eigenvalue weighted by molar-refractivity contribution is 6.11. The topological polar surface area (TPSA) is 14.7 Å². The first-order chi connectivity index (χ1) is 30.8. The van der Waals surface area contributed by atoms with Crippen LogP contribution in [0.4, 0.5) is 51.2 Å². The summed E-state index contributed by atoms with van der Waals surface area (Å²) in [6, 6.07) is 91.2. The molecule has 1 heterocycles. The molecule has 0 unspecified atom stereocenters. The van der Waals surface area contributed by atoms with E-state index in [1.54, 1.807) is 0 Å². The van der Waals surface area contributed by atoms with Crippen LogP contribution in [-0.2, 0) is 0 Å². The van der Waals surface area contributed by atoms with Crippen LogP contribution in [0.1, 0.15) is 0 Å². The van der Waals surface area contributed by atoms with Gasteiger partial charge in [0.1, 0.15) is 0 Å². The standard InChI is InChI=1S/C58H42N4/c1-5-22-44(23-6-1)59(45-24-7-2-8-25-45)48-30-18-32-50(40-48)61(51-33-19-31-49(41-51)60(46-26-9-3-10-27-46)47-28-11-4-12-29-47)52-38-39-55-54-35-15-16-36-57(54)62(58(55)42-52)56-37-17-21-43-20-13-14-34-53(43)56/h1-42H. The van der Waals surface area contributed by atoms with Crippen LogP contribution in [0, 0.1) is 0 Å². The predicted octanol–water partition coefficient (Wildman–Crippen LogP) is 16.3. The lowest BCUT2D eigenvalue weighted by molar-refractivity contribution is 1.19. The average Bonchev–Trinajstić information content (AvgIpc) is 3.67. The van der Waals surface area contributed by atoms with E-state index >= 15 is 0 Å². The number of benzene rings is 10. The molecule has 0 aliphatic carbocycles. The maximum absolute atomic E-state index is 2.45. The Morgan fingerprint density at radius 2 is 0.581 bits per heavy atom. The van der Waals surface area contributed by atoms with Gasteiger partial charge in [-0.3, -0.25) is 0 Å². The molecule has 0 saturated heterocycles. The Hall–Kier alpha value is -8.34. The van der Waals surface area contributed by atoms with Crippen molar-refractivity contribution < 1.29 is 0 Å². The van der Waals surface area contributed by atoms with Gasteiger partial charge in [0.25, 0.3) is 0 Å². The van der Waals surface area contributed by atoms with Crippen molar-refractivity contribution in [2.45, 2.75) is 0 Å². The van der Waals surface area contributed by atoms with Crippen molar-refractivity contribution in [2.24, 2.45) is 0 Å². The molecule has 10 aromatic carbocycles. The first-order valence-corrected chi connectivity index (χ1v) is 21.1. The molecule has 0 aliphatic rings. The minimum Gasteiger partial charge on any atom is -0.310 e. The van der Waals surface area contributed by atoms with Gasteiger partial charge in [0.05, 0.1) is 16.7 Å². The third kappa shape index (κ3) is 6.70. The van der Waals surface area contributed by atoms with Gasteiger partial charge in [0.15, 0.2) is 0 Å². The molecule has 0 bridgehead atoms. The van der Waals surface area contributed by atoms with Crippen molar-refractivity contribution in [1.29, 1.82) is 0 Å². The molecule has 62 heavy (non-hydrogen) atoms. The van der Waals surface area contributed by atoms with Gasteiger partial charge in [-0.05, 0) is 115 Å². The highest BCUT2D eigenvalue weighted by atomic mass is 15.2. The van der Waals surface area contributed by atoms with Gasteiger partial charge in [-0.1, -0.05) is 146 Å². The van der Waals surface area contributed by atoms with E-state index in [-0.39, 0.29) is 0 Å². The maximum Gasteiger partial charge on any atom is 0.0562 e. The van der Waals surface area contributed by atoms with Gasteiger partial charge in [0.2, 0.25) is 0 Å². The van der Waals surface area contributed by atoms with E-state index in [1.165, 1.54) is 27.1 Å². The molecular weight excluding hydrogens is 753 g/mol. The Bertz CT molecular complexity index is 3100. The third-order valence-electron chi connectivity index (χ3n) is 11.7. The lowest BCUT2D eigenvalue weighted by Crippen LogP contribution is -2.14. The van der Waals surface area contributed by atoms with Crippen molar-refractivity contribution in [3.05, 3.63) is 255 Å². The van der Waals surface area contributed by atoms with E-state index in [9.17, 15) is 0 Å². The van der Waals surface area contributed by atoms with E-state index in [0.29, 0.717) is 0 Å². The number of rotatable bonds is 10. The van der Waals surface area contributed by atoms with Crippen LogP contribution in [0.3, 0.4) is 0 Å². The van der Waals surface area contributed by atoms with Crippen LogP contribution in [-0.4, -0.2) is 4.57 Å². The van der Waals surface area contributed by atoms with Gasteiger partial charge in [-0.15, -0.1) is 0 Å². The number of hydrogen-bond acceptors (Lipinski definition) is 3. The van der Waals surface area contributed by atoms with Crippen LogP contribution in [0.25, 0.3) is 38.3 Å². The summed E-state index contributed by atoms with van der Waals surface area (Å²) in [5, 5.41) is 4.85. The number of nitrogens with zero attached hydrogens (tertiary/aromatic N) is 4. The van der Waals surface area contributed by atoms with Gasteiger partial charge < -0.3 is 19.3 Å². The van der Waals surface area contributed by atoms with Crippen molar-refractivity contribution in [3.8, 4) is 5.69 Å². The molecule has 4 heteroatoms. The Kier molecular flexibility index (Phi) is 9.49. The zero-order valence-corrected chi connectivity index (χ0v) is 34.0. The molecule has 0 aliphatic heterocycles. The third-order valence-corrected chi connectivity index (χ3v) is 11.7. The van der Waals surface area contributed by atoms with E-state index in [0.717, 1.165) is 62.4 Å². The molecule has 294 valence electrons. The van der Waals surface area contributed by atoms with E-state index in [2.05, 4.69) is 274 Å². The Morgan fingerprint density at radius 3 is 1.10 bits per heavy atom. The maximum atomic E-state index is 2.45. The van der Waals surface area contributed by atoms with Gasteiger partial charge in [0, 0.05) is 67.3 Å². The zero-order chi connectivity index (χ0) is 41.2. The summed E-state index contributed by atoms with van der Waals surface area (Å²) in [4.78, 5) is 7.05. The van der Waals surface area contributed by atoms with Crippen molar-refractivity contribution in [3.63, 3.8) is 0 Å². The van der Waals surface area contributed by atoms with Crippen molar-refractivity contribution in [1.82, 2.24) is 4.57 Å². The lowest BCUT2D eigenvalue weighted by atomic mass is 10.1. The average molecular weight is 795 g/mol. The summed E-state index contributed by atoms with van der Waals surface area (Å²) >= 11 is 0. The second-order valence-corrected chi connectivity index (χ2v) is 15.4. The normalized spacial score (nSPS) is 11.2. The van der Waals surface area contributed by atoms with Gasteiger partial charge >= 0.3 is 0 Å². The lowest BCUT2D eigenvalue weighted by Gasteiger charge is -2.31. The summed E-state index contributed by atoms with van der Waals surface area (Å²) in [6.07, 6.45) is 0. The molecule has 0 spiro atoms. The van der Waals surface area contributed by atoms with Crippen LogP contribution in [0.5, 0.6) is 0 Å². The number of aromatic nitrogens is 1. The van der Waals surface area contributed by atoms with E-state index < -0.39 is 0 Å². The second kappa shape index (κ2) is 16.0. The van der Waals surface area contributed by atoms with Crippen molar-refractivity contribution in [2.75, 3.05) is 14.7 Å². The molecule has 0 fully saturated rings. The van der Waals surface area contributed by atoms with E-state index in [4.69, 9.17) is 0 Å². The van der Waals surface area contributed by atoms with Crippen molar-refractivity contribution >= 4 is 83.8 Å². The quantitative estimate of drug-likeness (QED) is 0.137. The molecule has 1 aromatic heterocycles. The molecule has 0 amide bonds. The van der Waals surface area contributed by atoms with Crippen LogP contribution in [0.15, 0.2) is 255 Å². The van der Waals surface area contributed by atoms with E-state index in [1.807, 2.05) is 0 Å². The fraction of sp³-hybridized carbons (Fsp3) is 0. The largest absolute Gasteiger partial charge is 0.310 e. The molecule has 0 radical (unpaired) electrons. The zero-order valence-electron chi connectivity index (χ0n) is 34.0. The Morgan fingerprint density at radius 1 is 0.226 bits per heavy atom. The second-order valence-electron chi connectivity index (χ2n) is 15.4. The molecule has 0 atom stereocenters. The fourth-order valence-electron chi connectivity index (χ4n) is 8.95. The first-order valence-electron chi connectivity index (χ1n) is 21.1. The SMILES string of the molecule is c1ccc(N(c2ccccc2)c2cccc(N(c3cccc(N(c4ccccc4)c4ccccc4)c3)c3ccc4c5ccccc5n(-c5cccc6ccccc56)c4c3)c2)cc1. The number of anilines is 9. The van der Waals surface area contributed by atoms with Gasteiger partial charge in [-0.2, -0.15) is 0 Å². The summed E-state index contributed by atoms with van der Waals surface area (Å²) in [5.74, 6) is 0. The molecule has 11 rings (SSSR count). The highest BCUT2D eigenvalue weighted by Gasteiger charge is 2.22. The summed E-state index contributed by atoms with van der Waals surface area (Å²) in [6.45, 7) is 0. The minimum atomic E-state index is 1.04. The summed E-state index contributed by atoms with van der Waals surface area (Å²) in [7, 11) is 0. The monoisotopic (exact) mass is 794 g/mol. The molecule has 11 aromatic rings. The predicted molar refractivity (Wildman–Crippen MR) is 262 cm³/mol. The van der Waals surface area contributed by atoms with Crippen LogP contribution < -0.4 is 14.7 Å². The molecule has 4 nitrogen and oxygen atoms in total. The molecule has 0 saturated carbocycles. The number of fused-ring (bicyclic) bond motifs is 4. The van der Waals surface area contributed by atoms with Crippen LogP contribution in [0.2, 0.25) is 0 Å². The number of hydrogen-bond donors (Lipinski definition) is 0. The summed E-state index contributed by atoms with van der Waals surface area (Å²) in [5.41, 5.74) is 13.1. The Balaban J connectivity index is 1.15. The first kappa shape index (κ1) is 36.7. The molecular formula is C58H42N4. The molecule has 0 N–H and O–H groups in total. The smallest absolute Gasteiger partial charge is 0.0562 e. The highest BCUT2D eigenvalue weighted by Crippen LogP contribution is 2.45. The Labute approximate surface area is 362 Å². The summed E-state index contributed by atoms with van der Waals surface area (Å²) < 4.78 is 2.45.